The van der Waals surface area contributed by atoms with Crippen molar-refractivity contribution in [1.29, 1.82) is 0 Å². The van der Waals surface area contributed by atoms with Crippen molar-refractivity contribution in [3.63, 3.8) is 0 Å². The molecule has 0 aliphatic carbocycles. The van der Waals surface area contributed by atoms with Crippen LogP contribution in [0, 0.1) is 0 Å². The number of rotatable bonds is 8. The Labute approximate surface area is 190 Å². The molecule has 3 heterocycles. The van der Waals surface area contributed by atoms with Crippen molar-refractivity contribution in [3.8, 4) is 0 Å². The summed E-state index contributed by atoms with van der Waals surface area (Å²) in [4.78, 5) is 30.9. The molecule has 1 amide bonds. The van der Waals surface area contributed by atoms with Gasteiger partial charge in [-0.05, 0) is 11.3 Å². The van der Waals surface area contributed by atoms with Gasteiger partial charge in [0.25, 0.3) is 5.56 Å². The summed E-state index contributed by atoms with van der Waals surface area (Å²) in [6.07, 6.45) is 0.782. The van der Waals surface area contributed by atoms with Crippen LogP contribution in [0.3, 0.4) is 0 Å². The van der Waals surface area contributed by atoms with Crippen LogP contribution in [0.4, 0.5) is 5.13 Å². The van der Waals surface area contributed by atoms with Gasteiger partial charge in [-0.15, -0.1) is 22.0 Å². The van der Waals surface area contributed by atoms with E-state index in [-0.39, 0.29) is 17.2 Å². The molecular formula is C19H19N5O2S4. The van der Waals surface area contributed by atoms with Gasteiger partial charge in [0.05, 0.1) is 22.9 Å². The van der Waals surface area contributed by atoms with Crippen molar-refractivity contribution in [2.45, 2.75) is 34.3 Å². The number of carbonyl (C=O) groups is 1. The van der Waals surface area contributed by atoms with Gasteiger partial charge in [0, 0.05) is 12.2 Å². The van der Waals surface area contributed by atoms with Crippen LogP contribution in [0.2, 0.25) is 0 Å². The zero-order chi connectivity index (χ0) is 20.9. The molecule has 0 fully saturated rings. The molecule has 1 aliphatic heterocycles. The van der Waals surface area contributed by atoms with Gasteiger partial charge in [0.1, 0.15) is 0 Å². The SMILES string of the molecule is CCSc1nnc(NC(=O)CSc2nc3c(c(=O)n2Cc2ccccc2)SCC3)s1. The van der Waals surface area contributed by atoms with E-state index in [4.69, 9.17) is 4.98 Å². The second kappa shape index (κ2) is 9.99. The molecule has 4 rings (SSSR count). The summed E-state index contributed by atoms with van der Waals surface area (Å²) in [7, 11) is 0. The smallest absolute Gasteiger partial charge is 0.268 e. The largest absolute Gasteiger partial charge is 0.300 e. The lowest BCUT2D eigenvalue weighted by atomic mass is 10.2. The fourth-order valence-electron chi connectivity index (χ4n) is 2.87. The third kappa shape index (κ3) is 5.08. The molecule has 11 heteroatoms. The maximum atomic E-state index is 13.1. The molecule has 0 spiro atoms. The Hall–Kier alpha value is -1.82. The average Bonchev–Trinajstić information content (AvgIpc) is 3.39. The summed E-state index contributed by atoms with van der Waals surface area (Å²) in [6.45, 7) is 2.47. The Bertz CT molecular complexity index is 1100. The highest BCUT2D eigenvalue weighted by molar-refractivity contribution is 8.01. The van der Waals surface area contributed by atoms with Gasteiger partial charge in [-0.1, -0.05) is 72.1 Å². The maximum Gasteiger partial charge on any atom is 0.268 e. The van der Waals surface area contributed by atoms with Crippen molar-refractivity contribution in [1.82, 2.24) is 19.7 Å². The summed E-state index contributed by atoms with van der Waals surface area (Å²) in [5.74, 6) is 1.72. The van der Waals surface area contributed by atoms with Crippen LogP contribution in [0.15, 0.2) is 49.5 Å². The Morgan fingerprint density at radius 2 is 2.07 bits per heavy atom. The van der Waals surface area contributed by atoms with Crippen LogP contribution >= 0.6 is 46.6 Å². The van der Waals surface area contributed by atoms with Gasteiger partial charge < -0.3 is 0 Å². The minimum atomic E-state index is -0.195. The molecule has 0 radical (unpaired) electrons. The van der Waals surface area contributed by atoms with E-state index in [1.807, 2.05) is 37.3 Å². The van der Waals surface area contributed by atoms with Gasteiger partial charge >= 0.3 is 0 Å². The van der Waals surface area contributed by atoms with Crippen LogP contribution in [0.5, 0.6) is 0 Å². The molecule has 7 nitrogen and oxygen atoms in total. The number of hydrogen-bond donors (Lipinski definition) is 1. The molecule has 1 aliphatic rings. The molecule has 0 unspecified atom stereocenters. The van der Waals surface area contributed by atoms with Crippen molar-refractivity contribution in [2.75, 3.05) is 22.6 Å². The lowest BCUT2D eigenvalue weighted by Gasteiger charge is -2.13. The normalized spacial score (nSPS) is 12.7. The molecule has 1 aromatic carbocycles. The number of hydrogen-bond acceptors (Lipinski definition) is 9. The highest BCUT2D eigenvalue weighted by atomic mass is 32.2. The first kappa shape index (κ1) is 21.4. The topological polar surface area (TPSA) is 89.8 Å². The molecule has 0 bridgehead atoms. The van der Waals surface area contributed by atoms with E-state index in [0.29, 0.717) is 16.8 Å². The van der Waals surface area contributed by atoms with Crippen LogP contribution in [0.25, 0.3) is 0 Å². The Morgan fingerprint density at radius 3 is 2.87 bits per heavy atom. The minimum Gasteiger partial charge on any atom is -0.300 e. The predicted octanol–water partition coefficient (Wildman–Crippen LogP) is 3.63. The third-order valence-electron chi connectivity index (χ3n) is 4.18. The standard InChI is InChI=1S/C19H19N5O2S4/c1-2-27-19-23-22-17(30-19)21-14(25)11-29-18-20-13-8-9-28-15(13)16(26)24(18)10-12-6-4-3-5-7-12/h3-7H,2,8-11H2,1H3,(H,21,22,25). The average molecular weight is 478 g/mol. The number of thioether (sulfide) groups is 3. The molecule has 2 aromatic heterocycles. The molecule has 30 heavy (non-hydrogen) atoms. The predicted molar refractivity (Wildman–Crippen MR) is 124 cm³/mol. The van der Waals surface area contributed by atoms with Gasteiger partial charge in [0.15, 0.2) is 9.50 Å². The van der Waals surface area contributed by atoms with Crippen molar-refractivity contribution in [2.24, 2.45) is 0 Å². The van der Waals surface area contributed by atoms with E-state index >= 15 is 0 Å². The first-order chi connectivity index (χ1) is 14.6. The number of nitrogens with zero attached hydrogens (tertiary/aromatic N) is 4. The number of anilines is 1. The highest BCUT2D eigenvalue weighted by Gasteiger charge is 2.22. The minimum absolute atomic E-state index is 0.0281. The van der Waals surface area contributed by atoms with Crippen LogP contribution in [-0.2, 0) is 17.8 Å². The molecule has 156 valence electrons. The second-order valence-corrected chi connectivity index (χ2v) is 10.8. The fraction of sp³-hybridized carbons (Fsp3) is 0.316. The molecule has 0 saturated carbocycles. The van der Waals surface area contributed by atoms with Crippen molar-refractivity contribution in [3.05, 3.63) is 51.9 Å². The van der Waals surface area contributed by atoms with Crippen molar-refractivity contribution < 1.29 is 4.79 Å². The first-order valence-corrected chi connectivity index (χ1v) is 13.1. The summed E-state index contributed by atoms with van der Waals surface area (Å²) < 4.78 is 2.50. The zero-order valence-corrected chi connectivity index (χ0v) is 19.4. The lowest BCUT2D eigenvalue weighted by molar-refractivity contribution is -0.113. The third-order valence-corrected chi connectivity index (χ3v) is 8.12. The number of aromatic nitrogens is 4. The number of amides is 1. The molecule has 0 saturated heterocycles. The quantitative estimate of drug-likeness (QED) is 0.299. The number of carbonyl (C=O) groups excluding carboxylic acids is 1. The van der Waals surface area contributed by atoms with E-state index in [1.165, 1.54) is 23.1 Å². The number of benzene rings is 1. The Balaban J connectivity index is 1.50. The van der Waals surface area contributed by atoms with E-state index in [0.717, 1.165) is 38.4 Å². The number of aryl methyl sites for hydroxylation is 1. The van der Waals surface area contributed by atoms with E-state index in [9.17, 15) is 9.59 Å². The van der Waals surface area contributed by atoms with Gasteiger partial charge in [-0.3, -0.25) is 19.5 Å². The Kier molecular flexibility index (Phi) is 7.13. The van der Waals surface area contributed by atoms with Gasteiger partial charge in [0.2, 0.25) is 11.0 Å². The molecule has 3 aromatic rings. The number of fused-ring (bicyclic) bond motifs is 1. The summed E-state index contributed by atoms with van der Waals surface area (Å²) in [6, 6.07) is 9.80. The summed E-state index contributed by atoms with van der Waals surface area (Å²) >= 11 is 5.78. The highest BCUT2D eigenvalue weighted by Crippen LogP contribution is 2.29. The lowest BCUT2D eigenvalue weighted by Crippen LogP contribution is -2.26. The second-order valence-electron chi connectivity index (χ2n) is 6.29. The van der Waals surface area contributed by atoms with Gasteiger partial charge in [-0.2, -0.15) is 0 Å². The summed E-state index contributed by atoms with van der Waals surface area (Å²) in [5, 5.41) is 11.9. The molecule has 0 atom stereocenters. The van der Waals surface area contributed by atoms with E-state index in [1.54, 1.807) is 28.1 Å². The first-order valence-electron chi connectivity index (χ1n) is 9.33. The summed E-state index contributed by atoms with van der Waals surface area (Å²) in [5.41, 5.74) is 1.83. The number of nitrogens with one attached hydrogen (secondary N) is 1. The maximum absolute atomic E-state index is 13.1. The van der Waals surface area contributed by atoms with Crippen LogP contribution < -0.4 is 10.9 Å². The van der Waals surface area contributed by atoms with Crippen LogP contribution in [-0.4, -0.2) is 42.9 Å². The van der Waals surface area contributed by atoms with Gasteiger partial charge in [-0.25, -0.2) is 4.98 Å². The fourth-order valence-corrected chi connectivity index (χ4v) is 6.39. The molecular weight excluding hydrogens is 459 g/mol. The van der Waals surface area contributed by atoms with Crippen molar-refractivity contribution >= 4 is 57.7 Å². The van der Waals surface area contributed by atoms with E-state index < -0.39 is 0 Å². The zero-order valence-electron chi connectivity index (χ0n) is 16.2. The van der Waals surface area contributed by atoms with Crippen LogP contribution in [0.1, 0.15) is 18.2 Å². The van der Waals surface area contributed by atoms with E-state index in [2.05, 4.69) is 15.5 Å². The monoisotopic (exact) mass is 477 g/mol. The Morgan fingerprint density at radius 1 is 1.23 bits per heavy atom. The molecule has 1 N–H and O–H groups in total.